The van der Waals surface area contributed by atoms with E-state index in [1.54, 1.807) is 12.1 Å². The van der Waals surface area contributed by atoms with Crippen LogP contribution in [0.2, 0.25) is 0 Å². The van der Waals surface area contributed by atoms with E-state index in [-0.39, 0.29) is 6.54 Å². The first-order valence-electron chi connectivity index (χ1n) is 6.47. The predicted octanol–water partition coefficient (Wildman–Crippen LogP) is 2.96. The highest BCUT2D eigenvalue weighted by Gasteiger charge is 2.31. The van der Waals surface area contributed by atoms with E-state index >= 15 is 0 Å². The quantitative estimate of drug-likeness (QED) is 0.871. The molecule has 0 bridgehead atoms. The van der Waals surface area contributed by atoms with Crippen molar-refractivity contribution in [2.45, 2.75) is 17.2 Å². The second-order valence-corrected chi connectivity index (χ2v) is 6.38. The van der Waals surface area contributed by atoms with Crippen molar-refractivity contribution in [3.05, 3.63) is 54.0 Å². The molecule has 1 heterocycles. The van der Waals surface area contributed by atoms with Gasteiger partial charge in [-0.15, -0.1) is 0 Å². The van der Waals surface area contributed by atoms with E-state index in [1.807, 2.05) is 0 Å². The van der Waals surface area contributed by atoms with Crippen LogP contribution in [-0.2, 0) is 20.9 Å². The van der Waals surface area contributed by atoms with Gasteiger partial charge in [0.15, 0.2) is 0 Å². The minimum Gasteiger partial charge on any atom is -0.467 e. The number of halogens is 3. The summed E-state index contributed by atoms with van der Waals surface area (Å²) in [5, 5.41) is 0. The van der Waals surface area contributed by atoms with E-state index in [4.69, 9.17) is 9.15 Å². The molecule has 1 aromatic carbocycles. The van der Waals surface area contributed by atoms with Crippen molar-refractivity contribution >= 4 is 10.0 Å². The second kappa shape index (κ2) is 6.73. The van der Waals surface area contributed by atoms with Crippen LogP contribution in [0, 0.1) is 0 Å². The van der Waals surface area contributed by atoms with E-state index in [2.05, 4.69) is 4.72 Å². The summed E-state index contributed by atoms with van der Waals surface area (Å²) in [6, 6.07) is 6.73. The van der Waals surface area contributed by atoms with Gasteiger partial charge in [0, 0.05) is 13.7 Å². The molecule has 0 aliphatic heterocycles. The van der Waals surface area contributed by atoms with Crippen molar-refractivity contribution in [2.75, 3.05) is 13.7 Å². The number of rotatable bonds is 6. The summed E-state index contributed by atoms with van der Waals surface area (Å²) in [5.74, 6) is 0.402. The van der Waals surface area contributed by atoms with Crippen LogP contribution in [0.3, 0.4) is 0 Å². The highest BCUT2D eigenvalue weighted by Crippen LogP contribution is 2.30. The van der Waals surface area contributed by atoms with Gasteiger partial charge in [-0.3, -0.25) is 0 Å². The molecule has 0 spiro atoms. The summed E-state index contributed by atoms with van der Waals surface area (Å²) in [7, 11) is -2.74. The summed E-state index contributed by atoms with van der Waals surface area (Å²) in [6.45, 7) is -0.178. The smallest absolute Gasteiger partial charge is 0.416 e. The molecule has 126 valence electrons. The lowest BCUT2D eigenvalue weighted by molar-refractivity contribution is -0.137. The largest absolute Gasteiger partial charge is 0.467 e. The fraction of sp³-hybridized carbons (Fsp3) is 0.286. The molecule has 23 heavy (non-hydrogen) atoms. The van der Waals surface area contributed by atoms with Crippen molar-refractivity contribution in [1.82, 2.24) is 4.72 Å². The maximum absolute atomic E-state index is 12.7. The fourth-order valence-corrected chi connectivity index (χ4v) is 2.96. The lowest BCUT2D eigenvalue weighted by atomic mass is 10.2. The third kappa shape index (κ3) is 4.34. The molecule has 0 unspecified atom stereocenters. The Hall–Kier alpha value is -1.84. The first-order chi connectivity index (χ1) is 10.7. The van der Waals surface area contributed by atoms with Gasteiger partial charge in [0.05, 0.1) is 16.7 Å². The molecular weight excluding hydrogens is 335 g/mol. The fourth-order valence-electron chi connectivity index (χ4n) is 1.88. The molecule has 1 N–H and O–H groups in total. The summed E-state index contributed by atoms with van der Waals surface area (Å²) in [5.41, 5.74) is -1.03. The van der Waals surface area contributed by atoms with Crippen molar-refractivity contribution in [3.8, 4) is 0 Å². The van der Waals surface area contributed by atoms with Gasteiger partial charge in [0.25, 0.3) is 0 Å². The van der Waals surface area contributed by atoms with Crippen LogP contribution in [-0.4, -0.2) is 22.1 Å². The van der Waals surface area contributed by atoms with E-state index in [1.165, 1.54) is 13.4 Å². The second-order valence-electron chi connectivity index (χ2n) is 4.62. The Morgan fingerprint density at radius 2 is 2.00 bits per heavy atom. The monoisotopic (exact) mass is 349 g/mol. The van der Waals surface area contributed by atoms with E-state index < -0.39 is 32.8 Å². The molecule has 2 rings (SSSR count). The predicted molar refractivity (Wildman–Crippen MR) is 75.1 cm³/mol. The van der Waals surface area contributed by atoms with Gasteiger partial charge >= 0.3 is 6.18 Å². The van der Waals surface area contributed by atoms with Gasteiger partial charge in [-0.1, -0.05) is 6.07 Å². The number of alkyl halides is 3. The average molecular weight is 349 g/mol. The molecule has 2 aromatic rings. The standard InChI is InChI=1S/C14H14F3NO4S/c1-21-13(12-6-3-7-22-12)9-18-23(19,20)11-5-2-4-10(8-11)14(15,16)17/h2-8,13,18H,9H2,1H3/t13-/m0/s1. The molecule has 9 heteroatoms. The number of ether oxygens (including phenoxy) is 1. The Bertz CT molecular complexity index is 742. The van der Waals surface area contributed by atoms with Crippen molar-refractivity contribution in [1.29, 1.82) is 0 Å². The van der Waals surface area contributed by atoms with Crippen LogP contribution in [0.15, 0.2) is 52.0 Å². The van der Waals surface area contributed by atoms with E-state index in [0.29, 0.717) is 11.8 Å². The molecule has 5 nitrogen and oxygen atoms in total. The lowest BCUT2D eigenvalue weighted by Gasteiger charge is -2.14. The number of nitrogens with one attached hydrogen (secondary N) is 1. The molecule has 0 radical (unpaired) electrons. The van der Waals surface area contributed by atoms with Crippen molar-refractivity contribution in [2.24, 2.45) is 0 Å². The Balaban J connectivity index is 2.16. The van der Waals surface area contributed by atoms with Gasteiger partial charge in [-0.05, 0) is 30.3 Å². The molecular formula is C14H14F3NO4S. The first kappa shape index (κ1) is 17.5. The Kier molecular flexibility index (Phi) is 5.12. The van der Waals surface area contributed by atoms with Crippen LogP contribution < -0.4 is 4.72 Å². The molecule has 0 saturated heterocycles. The zero-order valence-electron chi connectivity index (χ0n) is 12.0. The number of hydrogen-bond donors (Lipinski definition) is 1. The molecule has 0 fully saturated rings. The highest BCUT2D eigenvalue weighted by molar-refractivity contribution is 7.89. The van der Waals surface area contributed by atoms with Gasteiger partial charge in [0.2, 0.25) is 10.0 Å². The Morgan fingerprint density at radius 1 is 1.26 bits per heavy atom. The summed E-state index contributed by atoms with van der Waals surface area (Å²) >= 11 is 0. The topological polar surface area (TPSA) is 68.5 Å². The van der Waals surface area contributed by atoms with Gasteiger partial charge < -0.3 is 9.15 Å². The normalized spacial score (nSPS) is 13.9. The molecule has 0 amide bonds. The SMILES string of the molecule is CO[C@@H](CNS(=O)(=O)c1cccc(C(F)(F)F)c1)c1ccco1. The molecule has 0 saturated carbocycles. The number of benzene rings is 1. The van der Waals surface area contributed by atoms with E-state index in [9.17, 15) is 21.6 Å². The Labute approximate surface area is 131 Å². The zero-order chi connectivity index (χ0) is 17.1. The van der Waals surface area contributed by atoms with Crippen LogP contribution in [0.4, 0.5) is 13.2 Å². The maximum Gasteiger partial charge on any atom is 0.416 e. The van der Waals surface area contributed by atoms with Crippen LogP contribution in [0.1, 0.15) is 17.4 Å². The van der Waals surface area contributed by atoms with E-state index in [0.717, 1.165) is 18.2 Å². The zero-order valence-corrected chi connectivity index (χ0v) is 12.8. The third-order valence-electron chi connectivity index (χ3n) is 3.08. The van der Waals surface area contributed by atoms with Crippen molar-refractivity contribution in [3.63, 3.8) is 0 Å². The number of sulfonamides is 1. The third-order valence-corrected chi connectivity index (χ3v) is 4.50. The molecule has 1 atom stereocenters. The lowest BCUT2D eigenvalue weighted by Crippen LogP contribution is -2.29. The summed E-state index contributed by atoms with van der Waals surface area (Å²) < 4.78 is 74.7. The highest BCUT2D eigenvalue weighted by atomic mass is 32.2. The van der Waals surface area contributed by atoms with Crippen molar-refractivity contribution < 1.29 is 30.7 Å². The maximum atomic E-state index is 12.7. The Morgan fingerprint density at radius 3 is 2.57 bits per heavy atom. The molecule has 0 aliphatic rings. The molecule has 0 aliphatic carbocycles. The van der Waals surface area contributed by atoms with Crippen LogP contribution >= 0.6 is 0 Å². The minimum atomic E-state index is -4.62. The van der Waals surface area contributed by atoms with Gasteiger partial charge in [-0.2, -0.15) is 13.2 Å². The average Bonchev–Trinajstić information content (AvgIpc) is 3.01. The minimum absolute atomic E-state index is 0.178. The summed E-state index contributed by atoms with van der Waals surface area (Å²) in [6.07, 6.45) is -3.90. The number of methoxy groups -OCH3 is 1. The number of furan rings is 1. The molecule has 1 aromatic heterocycles. The number of hydrogen-bond acceptors (Lipinski definition) is 4. The first-order valence-corrected chi connectivity index (χ1v) is 7.95. The van der Waals surface area contributed by atoms with Crippen LogP contribution in [0.25, 0.3) is 0 Å². The van der Waals surface area contributed by atoms with Gasteiger partial charge in [-0.25, -0.2) is 13.1 Å². The van der Waals surface area contributed by atoms with Crippen LogP contribution in [0.5, 0.6) is 0 Å². The summed E-state index contributed by atoms with van der Waals surface area (Å²) in [4.78, 5) is -0.471. The van der Waals surface area contributed by atoms with Gasteiger partial charge in [0.1, 0.15) is 11.9 Å².